The minimum absolute atomic E-state index is 0.0214. The molecule has 1 aromatic carbocycles. The van der Waals surface area contributed by atoms with Crippen molar-refractivity contribution in [3.8, 4) is 0 Å². The average molecular weight is 262 g/mol. The lowest BCUT2D eigenvalue weighted by molar-refractivity contribution is -0.165. The number of ether oxygens (including phenoxy) is 1. The third-order valence-corrected chi connectivity index (χ3v) is 3.60. The summed E-state index contributed by atoms with van der Waals surface area (Å²) in [5.41, 5.74) is -0.843. The Labute approximate surface area is 112 Å². The van der Waals surface area contributed by atoms with Gasteiger partial charge in [-0.25, -0.2) is 0 Å². The molecule has 19 heavy (non-hydrogen) atoms. The minimum atomic E-state index is -1.44. The largest absolute Gasteiger partial charge is 0.466 e. The minimum Gasteiger partial charge on any atom is -0.466 e. The van der Waals surface area contributed by atoms with Crippen molar-refractivity contribution in [2.45, 2.75) is 31.8 Å². The summed E-state index contributed by atoms with van der Waals surface area (Å²) in [6, 6.07) is 8.88. The number of carbonyl (C=O) groups excluding carboxylic acids is 2. The summed E-state index contributed by atoms with van der Waals surface area (Å²) in [6.45, 7) is 2.00. The van der Waals surface area contributed by atoms with E-state index in [0.29, 0.717) is 18.4 Å². The van der Waals surface area contributed by atoms with Gasteiger partial charge in [0.1, 0.15) is 11.4 Å². The van der Waals surface area contributed by atoms with Crippen LogP contribution in [-0.4, -0.2) is 23.5 Å². The highest BCUT2D eigenvalue weighted by Crippen LogP contribution is 2.40. The van der Waals surface area contributed by atoms with E-state index in [0.717, 1.165) is 0 Å². The van der Waals surface area contributed by atoms with Crippen LogP contribution in [0.1, 0.15) is 31.7 Å². The van der Waals surface area contributed by atoms with Gasteiger partial charge in [0.05, 0.1) is 12.5 Å². The van der Waals surface area contributed by atoms with Crippen molar-refractivity contribution in [1.29, 1.82) is 0 Å². The quantitative estimate of drug-likeness (QED) is 0.844. The molecule has 1 N–H and O–H groups in total. The van der Waals surface area contributed by atoms with Crippen LogP contribution in [0.3, 0.4) is 0 Å². The van der Waals surface area contributed by atoms with Gasteiger partial charge in [0.15, 0.2) is 0 Å². The van der Waals surface area contributed by atoms with Gasteiger partial charge < -0.3 is 9.84 Å². The van der Waals surface area contributed by atoms with Crippen LogP contribution in [0.25, 0.3) is 0 Å². The van der Waals surface area contributed by atoms with Gasteiger partial charge in [0.25, 0.3) is 0 Å². The summed E-state index contributed by atoms with van der Waals surface area (Å²) in [7, 11) is 0. The van der Waals surface area contributed by atoms with Crippen LogP contribution in [-0.2, 0) is 19.9 Å². The molecule has 102 valence electrons. The molecule has 0 saturated heterocycles. The highest BCUT2D eigenvalue weighted by atomic mass is 16.5. The molecule has 0 bridgehead atoms. The second kappa shape index (κ2) is 5.53. The summed E-state index contributed by atoms with van der Waals surface area (Å²) in [6.07, 6.45) is 0.627. The second-order valence-electron chi connectivity index (χ2n) is 4.85. The van der Waals surface area contributed by atoms with Crippen molar-refractivity contribution in [2.75, 3.05) is 6.61 Å². The SMILES string of the molecule is CCOC(=O)[C@H]1CCC(=O)C[C@]1(O)c1ccccc1. The molecule has 1 fully saturated rings. The fourth-order valence-corrected chi connectivity index (χ4v) is 2.64. The van der Waals surface area contributed by atoms with Crippen molar-refractivity contribution >= 4 is 11.8 Å². The van der Waals surface area contributed by atoms with Crippen LogP contribution >= 0.6 is 0 Å². The molecule has 4 heteroatoms. The van der Waals surface area contributed by atoms with Gasteiger partial charge >= 0.3 is 5.97 Å². The van der Waals surface area contributed by atoms with E-state index in [1.165, 1.54) is 0 Å². The molecular weight excluding hydrogens is 244 g/mol. The van der Waals surface area contributed by atoms with Crippen LogP contribution in [0.15, 0.2) is 30.3 Å². The van der Waals surface area contributed by atoms with E-state index in [1.807, 2.05) is 6.07 Å². The van der Waals surface area contributed by atoms with Gasteiger partial charge in [-0.1, -0.05) is 30.3 Å². The normalized spacial score (nSPS) is 27.1. The van der Waals surface area contributed by atoms with Crippen molar-refractivity contribution in [2.24, 2.45) is 5.92 Å². The molecule has 0 aliphatic heterocycles. The number of rotatable bonds is 3. The highest BCUT2D eigenvalue weighted by molar-refractivity contribution is 5.85. The molecule has 1 aliphatic rings. The maximum absolute atomic E-state index is 12.0. The smallest absolute Gasteiger partial charge is 0.312 e. The maximum atomic E-state index is 12.0. The monoisotopic (exact) mass is 262 g/mol. The second-order valence-corrected chi connectivity index (χ2v) is 4.85. The molecular formula is C15H18O4. The van der Waals surface area contributed by atoms with Gasteiger partial charge in [-0.2, -0.15) is 0 Å². The summed E-state index contributed by atoms with van der Waals surface area (Å²) >= 11 is 0. The number of ketones is 1. The van der Waals surface area contributed by atoms with Crippen molar-refractivity contribution < 1.29 is 19.4 Å². The standard InChI is InChI=1S/C15H18O4/c1-2-19-14(17)13-9-8-12(16)10-15(13,18)11-6-4-3-5-7-11/h3-7,13,18H,2,8-10H2,1H3/t13-,15+/m1/s1. The topological polar surface area (TPSA) is 63.6 Å². The Morgan fingerprint density at radius 3 is 2.74 bits per heavy atom. The van der Waals surface area contributed by atoms with Crippen LogP contribution in [0, 0.1) is 5.92 Å². The van der Waals surface area contributed by atoms with Crippen LogP contribution < -0.4 is 0 Å². The van der Waals surface area contributed by atoms with E-state index in [2.05, 4.69) is 0 Å². The molecule has 2 atom stereocenters. The lowest BCUT2D eigenvalue weighted by atomic mass is 9.71. The Balaban J connectivity index is 2.35. The molecule has 0 amide bonds. The fraction of sp³-hybridized carbons (Fsp3) is 0.467. The predicted molar refractivity (Wildman–Crippen MR) is 69.3 cm³/mol. The van der Waals surface area contributed by atoms with E-state index in [4.69, 9.17) is 4.74 Å². The molecule has 4 nitrogen and oxygen atoms in total. The van der Waals surface area contributed by atoms with Crippen molar-refractivity contribution in [1.82, 2.24) is 0 Å². The van der Waals surface area contributed by atoms with Crippen molar-refractivity contribution in [3.63, 3.8) is 0 Å². The molecule has 0 spiro atoms. The van der Waals surface area contributed by atoms with E-state index in [9.17, 15) is 14.7 Å². The van der Waals surface area contributed by atoms with E-state index >= 15 is 0 Å². The number of carbonyl (C=O) groups is 2. The summed E-state index contributed by atoms with van der Waals surface area (Å²) < 4.78 is 5.02. The zero-order valence-electron chi connectivity index (χ0n) is 11.0. The predicted octanol–water partition coefficient (Wildman–Crippen LogP) is 1.81. The first-order valence-corrected chi connectivity index (χ1v) is 6.54. The summed E-state index contributed by atoms with van der Waals surface area (Å²) in [5, 5.41) is 10.8. The molecule has 0 unspecified atom stereocenters. The first kappa shape index (κ1) is 13.7. The van der Waals surface area contributed by atoms with E-state index < -0.39 is 17.5 Å². The Bertz CT molecular complexity index is 468. The Hall–Kier alpha value is -1.68. The molecule has 0 aromatic heterocycles. The number of hydrogen-bond acceptors (Lipinski definition) is 4. The Kier molecular flexibility index (Phi) is 4.00. The van der Waals surface area contributed by atoms with Gasteiger partial charge in [0, 0.05) is 12.8 Å². The molecule has 1 aliphatic carbocycles. The highest BCUT2D eigenvalue weighted by Gasteiger charge is 2.47. The van der Waals surface area contributed by atoms with Crippen LogP contribution in [0.4, 0.5) is 0 Å². The molecule has 0 heterocycles. The maximum Gasteiger partial charge on any atom is 0.312 e. The van der Waals surface area contributed by atoms with Crippen LogP contribution in [0.5, 0.6) is 0 Å². The van der Waals surface area contributed by atoms with Gasteiger partial charge in [-0.05, 0) is 18.9 Å². The zero-order chi connectivity index (χ0) is 13.9. The molecule has 0 radical (unpaired) electrons. The van der Waals surface area contributed by atoms with Gasteiger partial charge in [-0.15, -0.1) is 0 Å². The average Bonchev–Trinajstić information content (AvgIpc) is 2.40. The third-order valence-electron chi connectivity index (χ3n) is 3.60. The zero-order valence-corrected chi connectivity index (χ0v) is 11.0. The number of Topliss-reactive ketones (excluding diaryl/α,β-unsaturated/α-hetero) is 1. The lowest BCUT2D eigenvalue weighted by Crippen LogP contribution is -2.45. The Morgan fingerprint density at radius 1 is 1.42 bits per heavy atom. The first-order valence-electron chi connectivity index (χ1n) is 6.54. The third kappa shape index (κ3) is 2.68. The molecule has 2 rings (SSSR count). The van der Waals surface area contributed by atoms with E-state index in [1.54, 1.807) is 31.2 Å². The first-order chi connectivity index (χ1) is 9.08. The van der Waals surface area contributed by atoms with E-state index in [-0.39, 0.29) is 18.8 Å². The number of esters is 1. The number of aliphatic hydroxyl groups is 1. The lowest BCUT2D eigenvalue weighted by Gasteiger charge is -2.38. The van der Waals surface area contributed by atoms with Gasteiger partial charge in [-0.3, -0.25) is 9.59 Å². The molecule has 1 saturated carbocycles. The summed E-state index contributed by atoms with van der Waals surface area (Å²) in [5.74, 6) is -1.12. The van der Waals surface area contributed by atoms with Crippen LogP contribution in [0.2, 0.25) is 0 Å². The number of benzene rings is 1. The van der Waals surface area contributed by atoms with Crippen molar-refractivity contribution in [3.05, 3.63) is 35.9 Å². The van der Waals surface area contributed by atoms with Gasteiger partial charge in [0.2, 0.25) is 0 Å². The number of hydrogen-bond donors (Lipinski definition) is 1. The molecule has 1 aromatic rings. The fourth-order valence-electron chi connectivity index (χ4n) is 2.64. The Morgan fingerprint density at radius 2 is 2.11 bits per heavy atom. The summed E-state index contributed by atoms with van der Waals surface area (Å²) in [4.78, 5) is 23.7.